The predicted octanol–water partition coefficient (Wildman–Crippen LogP) is 1.70. The second-order valence-electron chi connectivity index (χ2n) is 4.98. The average molecular weight is 301 g/mol. The highest BCUT2D eigenvalue weighted by atomic mass is 32.2. The molecule has 1 aromatic heterocycles. The van der Waals surface area contributed by atoms with E-state index in [0.29, 0.717) is 6.42 Å². The van der Waals surface area contributed by atoms with Crippen molar-refractivity contribution >= 4 is 21.4 Å². The van der Waals surface area contributed by atoms with Gasteiger partial charge in [0.2, 0.25) is 10.0 Å². The first-order valence-corrected chi connectivity index (χ1v) is 8.24. The number of hydrogen-bond acceptors (Lipinski definition) is 4. The Morgan fingerprint density at radius 2 is 2.05 bits per heavy atom. The molecule has 0 aromatic carbocycles. The van der Waals surface area contributed by atoms with E-state index in [-0.39, 0.29) is 13.2 Å². The van der Waals surface area contributed by atoms with Gasteiger partial charge < -0.3 is 5.11 Å². The van der Waals surface area contributed by atoms with Gasteiger partial charge in [0.25, 0.3) is 0 Å². The van der Waals surface area contributed by atoms with Crippen molar-refractivity contribution in [3.63, 3.8) is 0 Å². The summed E-state index contributed by atoms with van der Waals surface area (Å²) in [4.78, 5) is 1.79. The fourth-order valence-electron chi connectivity index (χ4n) is 1.13. The van der Waals surface area contributed by atoms with Gasteiger partial charge in [-0.05, 0) is 32.9 Å². The molecule has 0 saturated carbocycles. The Morgan fingerprint density at radius 3 is 2.63 bits per heavy atom. The molecule has 106 valence electrons. The van der Waals surface area contributed by atoms with E-state index in [4.69, 9.17) is 5.11 Å². The molecule has 1 aromatic rings. The topological polar surface area (TPSA) is 66.4 Å². The summed E-state index contributed by atoms with van der Waals surface area (Å²) in [6, 6.07) is 3.72. The van der Waals surface area contributed by atoms with Gasteiger partial charge in [-0.2, -0.15) is 0 Å². The summed E-state index contributed by atoms with van der Waals surface area (Å²) < 4.78 is 25.5. The molecular weight excluding hydrogens is 282 g/mol. The van der Waals surface area contributed by atoms with Crippen molar-refractivity contribution < 1.29 is 13.5 Å². The van der Waals surface area contributed by atoms with Crippen LogP contribution >= 0.6 is 11.3 Å². The van der Waals surface area contributed by atoms with Gasteiger partial charge in [-0.15, -0.1) is 11.3 Å². The van der Waals surface area contributed by atoms with Crippen LogP contribution < -0.4 is 4.72 Å². The lowest BCUT2D eigenvalue weighted by atomic mass is 10.3. The lowest BCUT2D eigenvalue weighted by molar-refractivity contribution is 0.305. The molecule has 1 heterocycles. The third kappa shape index (κ3) is 4.96. The van der Waals surface area contributed by atoms with Gasteiger partial charge >= 0.3 is 0 Å². The molecule has 0 aliphatic heterocycles. The maximum absolute atomic E-state index is 11.9. The van der Waals surface area contributed by atoms with Gasteiger partial charge in [-0.25, -0.2) is 13.1 Å². The number of nitrogens with one attached hydrogen (secondary N) is 1. The molecule has 0 amide bonds. The molecule has 0 atom stereocenters. The minimum Gasteiger partial charge on any atom is -0.395 e. The van der Waals surface area contributed by atoms with E-state index in [2.05, 4.69) is 16.6 Å². The molecule has 0 fully saturated rings. The van der Waals surface area contributed by atoms with Crippen LogP contribution in [0.3, 0.4) is 0 Å². The highest BCUT2D eigenvalue weighted by Crippen LogP contribution is 2.18. The zero-order valence-corrected chi connectivity index (χ0v) is 13.0. The van der Waals surface area contributed by atoms with Crippen molar-refractivity contribution in [3.8, 4) is 11.8 Å². The Kier molecular flexibility index (Phi) is 5.56. The Bertz CT molecular complexity index is 571. The molecule has 2 N–H and O–H groups in total. The fourth-order valence-corrected chi connectivity index (χ4v) is 2.82. The monoisotopic (exact) mass is 301 g/mol. The molecular formula is C13H19NO3S2. The summed E-state index contributed by atoms with van der Waals surface area (Å²) in [5.74, 6) is 5.76. The minimum absolute atomic E-state index is 0.0522. The van der Waals surface area contributed by atoms with Gasteiger partial charge in [0.1, 0.15) is 0 Å². The maximum atomic E-state index is 11.9. The van der Waals surface area contributed by atoms with Crippen molar-refractivity contribution in [3.05, 3.63) is 21.9 Å². The number of hydrogen-bond donors (Lipinski definition) is 2. The summed E-state index contributed by atoms with van der Waals surface area (Å²) in [6.07, 6.45) is 0.448. The van der Waals surface area contributed by atoms with Crippen LogP contribution in [0.1, 0.15) is 36.9 Å². The molecule has 0 spiro atoms. The van der Waals surface area contributed by atoms with Crippen molar-refractivity contribution in [1.29, 1.82) is 0 Å². The molecule has 0 radical (unpaired) electrons. The van der Waals surface area contributed by atoms with E-state index in [9.17, 15) is 8.42 Å². The molecule has 1 rings (SSSR count). The van der Waals surface area contributed by atoms with Gasteiger partial charge in [0.05, 0.1) is 16.2 Å². The molecule has 0 aliphatic rings. The predicted molar refractivity (Wildman–Crippen MR) is 78.4 cm³/mol. The van der Waals surface area contributed by atoms with Crippen LogP contribution in [0.25, 0.3) is 0 Å². The fraction of sp³-hybridized carbons (Fsp3) is 0.538. The maximum Gasteiger partial charge on any atom is 0.216 e. The number of thiophene rings is 1. The SMILES string of the molecule is CC(C)(C)S(=O)(=O)NCc1ccc(C#CCCO)s1. The largest absolute Gasteiger partial charge is 0.395 e. The number of aliphatic hydroxyl groups is 1. The Balaban J connectivity index is 2.64. The molecule has 0 saturated heterocycles. The number of rotatable bonds is 4. The van der Waals surface area contributed by atoms with Crippen molar-refractivity contribution in [2.75, 3.05) is 6.61 Å². The van der Waals surface area contributed by atoms with Gasteiger partial charge in [0.15, 0.2) is 0 Å². The van der Waals surface area contributed by atoms with Crippen LogP contribution in [0.2, 0.25) is 0 Å². The molecule has 0 unspecified atom stereocenters. The van der Waals surface area contributed by atoms with Crippen LogP contribution in [0, 0.1) is 11.8 Å². The summed E-state index contributed by atoms with van der Waals surface area (Å²) in [7, 11) is -3.32. The first-order valence-electron chi connectivity index (χ1n) is 5.94. The summed E-state index contributed by atoms with van der Waals surface area (Å²) >= 11 is 1.45. The molecule has 19 heavy (non-hydrogen) atoms. The third-order valence-corrected chi connectivity index (χ3v) is 5.49. The number of sulfonamides is 1. The van der Waals surface area contributed by atoms with Crippen LogP contribution in [-0.4, -0.2) is 24.9 Å². The lowest BCUT2D eigenvalue weighted by Crippen LogP contribution is -2.38. The number of aliphatic hydroxyl groups excluding tert-OH is 1. The highest BCUT2D eigenvalue weighted by molar-refractivity contribution is 7.90. The van der Waals surface area contributed by atoms with E-state index in [0.717, 1.165) is 9.75 Å². The van der Waals surface area contributed by atoms with Crippen molar-refractivity contribution in [1.82, 2.24) is 4.72 Å². The van der Waals surface area contributed by atoms with Crippen molar-refractivity contribution in [2.24, 2.45) is 0 Å². The van der Waals surface area contributed by atoms with E-state index < -0.39 is 14.8 Å². The van der Waals surface area contributed by atoms with E-state index in [1.54, 1.807) is 20.8 Å². The minimum atomic E-state index is -3.32. The smallest absolute Gasteiger partial charge is 0.216 e. The third-order valence-electron chi connectivity index (χ3n) is 2.35. The lowest BCUT2D eigenvalue weighted by Gasteiger charge is -2.19. The van der Waals surface area contributed by atoms with E-state index in [1.165, 1.54) is 11.3 Å². The van der Waals surface area contributed by atoms with Crippen LogP contribution in [0.5, 0.6) is 0 Å². The van der Waals surface area contributed by atoms with Crippen LogP contribution in [0.15, 0.2) is 12.1 Å². The standard InChI is InChI=1S/C13H19NO3S2/c1-13(2,3)19(16,17)14-10-12-8-7-11(18-12)6-4-5-9-15/h7-8,14-15H,5,9-10H2,1-3H3. The van der Waals surface area contributed by atoms with Crippen LogP contribution in [0.4, 0.5) is 0 Å². The highest BCUT2D eigenvalue weighted by Gasteiger charge is 2.28. The van der Waals surface area contributed by atoms with Crippen LogP contribution in [-0.2, 0) is 16.6 Å². The quantitative estimate of drug-likeness (QED) is 0.832. The molecule has 4 nitrogen and oxygen atoms in total. The second-order valence-corrected chi connectivity index (χ2v) is 8.67. The molecule has 6 heteroatoms. The normalized spacial score (nSPS) is 12.0. The van der Waals surface area contributed by atoms with Gasteiger partial charge in [-0.1, -0.05) is 11.8 Å². The summed E-state index contributed by atoms with van der Waals surface area (Å²) in [6.45, 7) is 5.32. The zero-order chi connectivity index (χ0) is 14.5. The summed E-state index contributed by atoms with van der Waals surface area (Å²) in [5.41, 5.74) is 0. The van der Waals surface area contributed by atoms with E-state index >= 15 is 0 Å². The Morgan fingerprint density at radius 1 is 1.37 bits per heavy atom. The Labute approximate surface area is 118 Å². The average Bonchev–Trinajstić information content (AvgIpc) is 2.73. The molecule has 0 aliphatic carbocycles. The van der Waals surface area contributed by atoms with Gasteiger partial charge in [0, 0.05) is 17.8 Å². The van der Waals surface area contributed by atoms with Crippen molar-refractivity contribution in [2.45, 2.75) is 38.5 Å². The first-order chi connectivity index (χ1) is 8.76. The summed E-state index contributed by atoms with van der Waals surface area (Å²) in [5, 5.41) is 8.62. The van der Waals surface area contributed by atoms with E-state index in [1.807, 2.05) is 12.1 Å². The zero-order valence-electron chi connectivity index (χ0n) is 11.4. The second kappa shape index (κ2) is 6.53. The van der Waals surface area contributed by atoms with Gasteiger partial charge in [-0.3, -0.25) is 0 Å². The Hall–Kier alpha value is -0.870. The first kappa shape index (κ1) is 16.2. The molecule has 0 bridgehead atoms.